The van der Waals surface area contributed by atoms with Crippen molar-refractivity contribution in [1.82, 2.24) is 14.9 Å². The van der Waals surface area contributed by atoms with Crippen LogP contribution >= 0.6 is 12.2 Å². The Labute approximate surface area is 150 Å². The second kappa shape index (κ2) is 7.31. The summed E-state index contributed by atoms with van der Waals surface area (Å²) in [5.41, 5.74) is 2.88. The number of aromatic nitrogens is 3. The van der Waals surface area contributed by atoms with Gasteiger partial charge in [0.2, 0.25) is 4.77 Å². The van der Waals surface area contributed by atoms with E-state index in [0.29, 0.717) is 22.1 Å². The molecule has 1 heterocycles. The average molecular weight is 354 g/mol. The fraction of sp³-hybridized carbons (Fsp3) is 0.167. The third-order valence-corrected chi connectivity index (χ3v) is 3.97. The Kier molecular flexibility index (Phi) is 4.95. The molecule has 0 amide bonds. The van der Waals surface area contributed by atoms with Crippen LogP contribution in [-0.4, -0.2) is 35.3 Å². The van der Waals surface area contributed by atoms with E-state index in [1.165, 1.54) is 5.56 Å². The van der Waals surface area contributed by atoms with E-state index in [1.54, 1.807) is 25.1 Å². The van der Waals surface area contributed by atoms with E-state index in [9.17, 15) is 0 Å². The number of aryl methyl sites for hydroxylation is 1. The van der Waals surface area contributed by atoms with Crippen LogP contribution in [0.15, 0.2) is 47.6 Å². The van der Waals surface area contributed by atoms with E-state index in [4.69, 9.17) is 21.7 Å². The summed E-state index contributed by atoms with van der Waals surface area (Å²) < 4.78 is 12.7. The molecule has 128 valence electrons. The van der Waals surface area contributed by atoms with Crippen LogP contribution in [0.4, 0.5) is 0 Å². The van der Waals surface area contributed by atoms with E-state index in [1.807, 2.05) is 49.4 Å². The average Bonchev–Trinajstić information content (AvgIpc) is 3.00. The van der Waals surface area contributed by atoms with Gasteiger partial charge in [0, 0.05) is 11.1 Å². The van der Waals surface area contributed by atoms with Gasteiger partial charge in [-0.05, 0) is 31.3 Å². The number of rotatable bonds is 5. The summed E-state index contributed by atoms with van der Waals surface area (Å²) in [6, 6.07) is 13.6. The van der Waals surface area contributed by atoms with Gasteiger partial charge in [0.1, 0.15) is 0 Å². The SMILES string of the molecule is COc1cccc(C=Nn2c(-c3ccc(C)cc3)n[nH]c2=S)c1OC. The predicted octanol–water partition coefficient (Wildman–Crippen LogP) is 3.82. The van der Waals surface area contributed by atoms with Crippen molar-refractivity contribution in [2.45, 2.75) is 6.92 Å². The van der Waals surface area contributed by atoms with Crippen molar-refractivity contribution >= 4 is 18.4 Å². The molecule has 0 fully saturated rings. The van der Waals surface area contributed by atoms with Crippen molar-refractivity contribution in [1.29, 1.82) is 0 Å². The van der Waals surface area contributed by atoms with Gasteiger partial charge < -0.3 is 9.47 Å². The Bertz CT molecular complexity index is 958. The topological polar surface area (TPSA) is 64.4 Å². The third kappa shape index (κ3) is 3.46. The third-order valence-electron chi connectivity index (χ3n) is 3.71. The van der Waals surface area contributed by atoms with Crippen LogP contribution in [0.5, 0.6) is 11.5 Å². The van der Waals surface area contributed by atoms with Crippen molar-refractivity contribution in [2.24, 2.45) is 5.10 Å². The zero-order chi connectivity index (χ0) is 17.8. The monoisotopic (exact) mass is 354 g/mol. The number of hydrogen-bond acceptors (Lipinski definition) is 5. The van der Waals surface area contributed by atoms with E-state index in [-0.39, 0.29) is 0 Å². The molecule has 7 heteroatoms. The quantitative estimate of drug-likeness (QED) is 0.559. The molecule has 0 bridgehead atoms. The Morgan fingerprint density at radius 1 is 1.12 bits per heavy atom. The molecule has 3 aromatic rings. The van der Waals surface area contributed by atoms with Gasteiger partial charge >= 0.3 is 0 Å². The second-order valence-corrected chi connectivity index (χ2v) is 5.74. The van der Waals surface area contributed by atoms with Crippen LogP contribution < -0.4 is 9.47 Å². The van der Waals surface area contributed by atoms with E-state index < -0.39 is 0 Å². The predicted molar refractivity (Wildman–Crippen MR) is 100 cm³/mol. The minimum atomic E-state index is 0.411. The fourth-order valence-electron chi connectivity index (χ4n) is 2.42. The minimum absolute atomic E-state index is 0.411. The lowest BCUT2D eigenvalue weighted by Crippen LogP contribution is -1.98. The zero-order valence-electron chi connectivity index (χ0n) is 14.2. The van der Waals surface area contributed by atoms with Gasteiger partial charge in [-0.15, -0.1) is 0 Å². The minimum Gasteiger partial charge on any atom is -0.493 e. The second-order valence-electron chi connectivity index (χ2n) is 5.36. The number of benzene rings is 2. The van der Waals surface area contributed by atoms with Crippen LogP contribution in [0.2, 0.25) is 0 Å². The van der Waals surface area contributed by atoms with Crippen LogP contribution in [0, 0.1) is 11.7 Å². The van der Waals surface area contributed by atoms with E-state index in [2.05, 4.69) is 15.3 Å². The van der Waals surface area contributed by atoms with Gasteiger partial charge in [0.15, 0.2) is 17.3 Å². The molecule has 2 aromatic carbocycles. The molecule has 0 aliphatic heterocycles. The lowest BCUT2D eigenvalue weighted by atomic mass is 10.1. The Balaban J connectivity index is 2.02. The lowest BCUT2D eigenvalue weighted by Gasteiger charge is -2.09. The number of nitrogens with zero attached hydrogens (tertiary/aromatic N) is 3. The van der Waals surface area contributed by atoms with Crippen molar-refractivity contribution in [2.75, 3.05) is 14.2 Å². The highest BCUT2D eigenvalue weighted by Gasteiger charge is 2.10. The molecule has 3 rings (SSSR count). The number of methoxy groups -OCH3 is 2. The number of aromatic amines is 1. The van der Waals surface area contributed by atoms with Gasteiger partial charge in [0.25, 0.3) is 0 Å². The highest BCUT2D eigenvalue weighted by Crippen LogP contribution is 2.29. The van der Waals surface area contributed by atoms with Gasteiger partial charge in [-0.1, -0.05) is 35.9 Å². The molecule has 0 unspecified atom stereocenters. The molecule has 0 atom stereocenters. The first kappa shape index (κ1) is 16.9. The Morgan fingerprint density at radius 2 is 1.88 bits per heavy atom. The van der Waals surface area contributed by atoms with Gasteiger partial charge in [0.05, 0.1) is 20.4 Å². The highest BCUT2D eigenvalue weighted by molar-refractivity contribution is 7.71. The van der Waals surface area contributed by atoms with Crippen LogP contribution in [0.25, 0.3) is 11.4 Å². The molecule has 25 heavy (non-hydrogen) atoms. The summed E-state index contributed by atoms with van der Waals surface area (Å²) >= 11 is 5.30. The molecule has 0 spiro atoms. The van der Waals surface area contributed by atoms with Gasteiger partial charge in [-0.3, -0.25) is 0 Å². The van der Waals surface area contributed by atoms with Crippen LogP contribution in [0.1, 0.15) is 11.1 Å². The maximum Gasteiger partial charge on any atom is 0.216 e. The molecule has 0 saturated heterocycles. The first-order valence-electron chi connectivity index (χ1n) is 7.64. The summed E-state index contributed by atoms with van der Waals surface area (Å²) in [4.78, 5) is 0. The lowest BCUT2D eigenvalue weighted by molar-refractivity contribution is 0.354. The number of ether oxygens (including phenoxy) is 2. The van der Waals surface area contributed by atoms with E-state index in [0.717, 1.165) is 11.1 Å². The zero-order valence-corrected chi connectivity index (χ0v) is 15.0. The van der Waals surface area contributed by atoms with Crippen molar-refractivity contribution in [3.63, 3.8) is 0 Å². The van der Waals surface area contributed by atoms with Crippen molar-refractivity contribution in [3.8, 4) is 22.9 Å². The highest BCUT2D eigenvalue weighted by atomic mass is 32.1. The Morgan fingerprint density at radius 3 is 2.56 bits per heavy atom. The molecular formula is C18H18N4O2S. The summed E-state index contributed by atoms with van der Waals surface area (Å²) in [5.74, 6) is 1.89. The summed E-state index contributed by atoms with van der Waals surface area (Å²) in [6.07, 6.45) is 1.67. The van der Waals surface area contributed by atoms with Crippen LogP contribution in [-0.2, 0) is 0 Å². The normalized spacial score (nSPS) is 11.0. The molecular weight excluding hydrogens is 336 g/mol. The maximum absolute atomic E-state index is 5.42. The largest absolute Gasteiger partial charge is 0.493 e. The molecule has 1 aromatic heterocycles. The number of H-pyrrole nitrogens is 1. The molecule has 1 N–H and O–H groups in total. The smallest absolute Gasteiger partial charge is 0.216 e. The summed E-state index contributed by atoms with van der Waals surface area (Å²) in [7, 11) is 3.19. The fourth-order valence-corrected chi connectivity index (χ4v) is 2.60. The van der Waals surface area contributed by atoms with Gasteiger partial charge in [-0.2, -0.15) is 14.9 Å². The Hall–Kier alpha value is -2.93. The molecule has 0 aliphatic rings. The summed E-state index contributed by atoms with van der Waals surface area (Å²) in [5, 5.41) is 11.5. The van der Waals surface area contributed by atoms with Crippen molar-refractivity contribution in [3.05, 3.63) is 58.4 Å². The van der Waals surface area contributed by atoms with Gasteiger partial charge in [-0.25, -0.2) is 5.10 Å². The summed E-state index contributed by atoms with van der Waals surface area (Å²) in [6.45, 7) is 2.04. The van der Waals surface area contributed by atoms with Crippen LogP contribution in [0.3, 0.4) is 0 Å². The van der Waals surface area contributed by atoms with Crippen molar-refractivity contribution < 1.29 is 9.47 Å². The molecule has 0 radical (unpaired) electrons. The number of hydrogen-bond donors (Lipinski definition) is 1. The standard InChI is InChI=1S/C18H18N4O2S/c1-12-7-9-13(10-8-12)17-20-21-18(25)22(17)19-11-14-5-4-6-15(23-2)16(14)24-3/h4-11H,1-3H3,(H,21,25). The number of nitrogens with one attached hydrogen (secondary N) is 1. The molecule has 6 nitrogen and oxygen atoms in total. The first-order chi connectivity index (χ1) is 12.1. The molecule has 0 aliphatic carbocycles. The number of para-hydroxylation sites is 1. The maximum atomic E-state index is 5.42. The molecule has 0 saturated carbocycles. The van der Waals surface area contributed by atoms with E-state index >= 15 is 0 Å². The first-order valence-corrected chi connectivity index (χ1v) is 8.04.